The lowest BCUT2D eigenvalue weighted by molar-refractivity contribution is 0.0420. The molecule has 1 saturated carbocycles. The van der Waals surface area contributed by atoms with Gasteiger partial charge in [0.25, 0.3) is 0 Å². The Morgan fingerprint density at radius 3 is 2.89 bits per heavy atom. The number of guanidine groups is 1. The Balaban J connectivity index is 0.00000261. The average molecular weight is 491 g/mol. The summed E-state index contributed by atoms with van der Waals surface area (Å²) in [7, 11) is 0. The Labute approximate surface area is 178 Å². The molecule has 1 atom stereocenters. The first-order chi connectivity index (χ1) is 12.7. The Kier molecular flexibility index (Phi) is 9.25. The number of ether oxygens (including phenoxy) is 2. The molecule has 2 N–H and O–H groups in total. The lowest BCUT2D eigenvalue weighted by Crippen LogP contribution is -2.38. The molecule has 7 heteroatoms. The monoisotopic (exact) mass is 491 g/mol. The summed E-state index contributed by atoms with van der Waals surface area (Å²) in [6.45, 7) is 6.63. The zero-order valence-electron chi connectivity index (χ0n) is 16.0. The van der Waals surface area contributed by atoms with Gasteiger partial charge in [0, 0.05) is 31.7 Å². The summed E-state index contributed by atoms with van der Waals surface area (Å²) in [4.78, 5) is 4.74. The van der Waals surface area contributed by atoms with E-state index in [1.807, 2.05) is 6.07 Å². The summed E-state index contributed by atoms with van der Waals surface area (Å²) in [5, 5.41) is 6.64. The molecular weight excluding hydrogens is 460 g/mol. The Bertz CT molecular complexity index is 605. The van der Waals surface area contributed by atoms with Gasteiger partial charge < -0.3 is 20.1 Å². The average Bonchev–Trinajstić information content (AvgIpc) is 3.26. The second-order valence-electron chi connectivity index (χ2n) is 7.12. The van der Waals surface area contributed by atoms with Crippen LogP contribution >= 0.6 is 24.0 Å². The molecule has 1 aromatic rings. The maximum absolute atomic E-state index is 13.5. The molecule has 3 rings (SSSR count). The Hall–Kier alpha value is -0.930. The first-order valence-corrected chi connectivity index (χ1v) is 9.69. The minimum atomic E-state index is -0.171. The lowest BCUT2D eigenvalue weighted by Gasteiger charge is -2.16. The maximum atomic E-state index is 13.5. The van der Waals surface area contributed by atoms with Gasteiger partial charge in [0.2, 0.25) is 0 Å². The third kappa shape index (κ3) is 6.87. The number of benzene rings is 1. The lowest BCUT2D eigenvalue weighted by atomic mass is 9.96. The van der Waals surface area contributed by atoms with Crippen LogP contribution in [-0.2, 0) is 14.9 Å². The molecule has 1 aliphatic heterocycles. The molecule has 1 aliphatic carbocycles. The van der Waals surface area contributed by atoms with Crippen molar-refractivity contribution in [2.24, 2.45) is 4.99 Å². The van der Waals surface area contributed by atoms with E-state index in [0.717, 1.165) is 70.1 Å². The highest BCUT2D eigenvalue weighted by Crippen LogP contribution is 2.48. The van der Waals surface area contributed by atoms with Crippen LogP contribution in [0, 0.1) is 5.82 Å². The first-order valence-electron chi connectivity index (χ1n) is 9.69. The minimum Gasteiger partial charge on any atom is -0.379 e. The van der Waals surface area contributed by atoms with Crippen molar-refractivity contribution in [2.75, 3.05) is 39.5 Å². The molecule has 0 spiro atoms. The molecule has 27 heavy (non-hydrogen) atoms. The minimum absolute atomic E-state index is 0. The van der Waals surface area contributed by atoms with Crippen molar-refractivity contribution in [3.63, 3.8) is 0 Å². The number of nitrogens with one attached hydrogen (secondary N) is 2. The number of hydrogen-bond acceptors (Lipinski definition) is 3. The van der Waals surface area contributed by atoms with Crippen LogP contribution in [0.2, 0.25) is 0 Å². The smallest absolute Gasteiger partial charge is 0.191 e. The molecule has 1 heterocycles. The van der Waals surface area contributed by atoms with Gasteiger partial charge in [0.15, 0.2) is 5.96 Å². The highest BCUT2D eigenvalue weighted by Gasteiger charge is 2.44. The summed E-state index contributed by atoms with van der Waals surface area (Å²) in [6.07, 6.45) is 4.32. The van der Waals surface area contributed by atoms with Crippen LogP contribution in [0.1, 0.15) is 38.2 Å². The molecule has 2 aliphatic rings. The summed E-state index contributed by atoms with van der Waals surface area (Å²) in [5.41, 5.74) is 1.07. The van der Waals surface area contributed by atoms with E-state index in [1.165, 1.54) is 6.07 Å². The summed E-state index contributed by atoms with van der Waals surface area (Å²) >= 11 is 0. The fraction of sp³-hybridized carbons (Fsp3) is 0.650. The molecule has 2 fully saturated rings. The normalized spacial score (nSPS) is 20.8. The SMILES string of the molecule is CCNC(=NCC1(c2cccc(F)c2)CC1)NCCCOC1CCOC1.I. The summed E-state index contributed by atoms with van der Waals surface area (Å²) in [5.74, 6) is 0.648. The van der Waals surface area contributed by atoms with Crippen LogP contribution in [0.5, 0.6) is 0 Å². The van der Waals surface area contributed by atoms with Crippen LogP contribution < -0.4 is 10.6 Å². The molecule has 5 nitrogen and oxygen atoms in total. The van der Waals surface area contributed by atoms with Crippen LogP contribution in [0.4, 0.5) is 4.39 Å². The Morgan fingerprint density at radius 2 is 2.22 bits per heavy atom. The largest absolute Gasteiger partial charge is 0.379 e. The van der Waals surface area contributed by atoms with E-state index in [0.29, 0.717) is 6.54 Å². The van der Waals surface area contributed by atoms with E-state index < -0.39 is 0 Å². The van der Waals surface area contributed by atoms with Crippen molar-refractivity contribution in [2.45, 2.75) is 44.1 Å². The zero-order chi connectivity index (χ0) is 18.2. The first kappa shape index (κ1) is 22.4. The zero-order valence-corrected chi connectivity index (χ0v) is 18.3. The van der Waals surface area contributed by atoms with Crippen molar-refractivity contribution in [3.05, 3.63) is 35.6 Å². The molecule has 0 radical (unpaired) electrons. The predicted octanol–water partition coefficient (Wildman–Crippen LogP) is 3.23. The van der Waals surface area contributed by atoms with Crippen molar-refractivity contribution < 1.29 is 13.9 Å². The van der Waals surface area contributed by atoms with E-state index in [2.05, 4.69) is 17.6 Å². The number of rotatable bonds is 9. The molecule has 0 amide bonds. The third-order valence-corrected chi connectivity index (χ3v) is 5.03. The van der Waals surface area contributed by atoms with E-state index in [1.54, 1.807) is 12.1 Å². The quantitative estimate of drug-likeness (QED) is 0.241. The topological polar surface area (TPSA) is 54.9 Å². The van der Waals surface area contributed by atoms with Crippen molar-refractivity contribution in [3.8, 4) is 0 Å². The fourth-order valence-electron chi connectivity index (χ4n) is 3.25. The molecule has 0 bridgehead atoms. The number of nitrogens with zero attached hydrogens (tertiary/aromatic N) is 1. The number of halogens is 2. The van der Waals surface area contributed by atoms with Crippen LogP contribution in [0.3, 0.4) is 0 Å². The molecule has 1 aromatic carbocycles. The highest BCUT2D eigenvalue weighted by molar-refractivity contribution is 14.0. The maximum Gasteiger partial charge on any atom is 0.191 e. The molecule has 1 saturated heterocycles. The fourth-order valence-corrected chi connectivity index (χ4v) is 3.25. The van der Waals surface area contributed by atoms with Gasteiger partial charge in [-0.05, 0) is 50.3 Å². The predicted molar refractivity (Wildman–Crippen MR) is 117 cm³/mol. The van der Waals surface area contributed by atoms with Crippen molar-refractivity contribution in [1.82, 2.24) is 10.6 Å². The van der Waals surface area contributed by atoms with Gasteiger partial charge >= 0.3 is 0 Å². The molecule has 0 aromatic heterocycles. The van der Waals surface area contributed by atoms with Crippen LogP contribution in [-0.4, -0.2) is 51.5 Å². The van der Waals surface area contributed by atoms with Crippen LogP contribution in [0.15, 0.2) is 29.3 Å². The molecular formula is C20H31FIN3O2. The molecule has 1 unspecified atom stereocenters. The van der Waals surface area contributed by atoms with Gasteiger partial charge in [0.1, 0.15) is 5.82 Å². The standard InChI is InChI=1S/C20H30FN3O2.HI/c1-2-22-19(23-10-4-11-26-18-7-12-25-14-18)24-15-20(8-9-20)16-5-3-6-17(21)13-16;/h3,5-6,13,18H,2,4,7-12,14-15H2,1H3,(H2,22,23,24);1H. The van der Waals surface area contributed by atoms with Gasteiger partial charge in [-0.25, -0.2) is 4.39 Å². The van der Waals surface area contributed by atoms with E-state index in [9.17, 15) is 4.39 Å². The van der Waals surface area contributed by atoms with Gasteiger partial charge in [-0.1, -0.05) is 12.1 Å². The van der Waals surface area contributed by atoms with Gasteiger partial charge in [-0.3, -0.25) is 4.99 Å². The second-order valence-corrected chi connectivity index (χ2v) is 7.12. The summed E-state index contributed by atoms with van der Waals surface area (Å²) < 4.78 is 24.6. The highest BCUT2D eigenvalue weighted by atomic mass is 127. The third-order valence-electron chi connectivity index (χ3n) is 5.03. The van der Waals surface area contributed by atoms with Crippen molar-refractivity contribution in [1.29, 1.82) is 0 Å². The number of hydrogen-bond donors (Lipinski definition) is 2. The molecule has 152 valence electrons. The van der Waals surface area contributed by atoms with E-state index >= 15 is 0 Å². The van der Waals surface area contributed by atoms with Gasteiger partial charge in [0.05, 0.1) is 19.3 Å². The van der Waals surface area contributed by atoms with Gasteiger partial charge in [-0.2, -0.15) is 0 Å². The second kappa shape index (κ2) is 11.2. The summed E-state index contributed by atoms with van der Waals surface area (Å²) in [6, 6.07) is 6.94. The number of aliphatic imine (C=N–C) groups is 1. The van der Waals surface area contributed by atoms with Crippen LogP contribution in [0.25, 0.3) is 0 Å². The van der Waals surface area contributed by atoms with E-state index in [4.69, 9.17) is 14.5 Å². The van der Waals surface area contributed by atoms with Gasteiger partial charge in [-0.15, -0.1) is 24.0 Å². The van der Waals surface area contributed by atoms with Crippen molar-refractivity contribution >= 4 is 29.9 Å². The Morgan fingerprint density at radius 1 is 1.37 bits per heavy atom. The van der Waals surface area contributed by atoms with E-state index in [-0.39, 0.29) is 41.3 Å².